The number of likely N-dealkylation sites (N-methyl/N-ethyl adjacent to an activating group) is 1. The summed E-state index contributed by atoms with van der Waals surface area (Å²) in [6.07, 6.45) is -4.48. The summed E-state index contributed by atoms with van der Waals surface area (Å²) in [6.45, 7) is 1.82. The van der Waals surface area contributed by atoms with Crippen molar-refractivity contribution in [1.82, 2.24) is 4.90 Å². The van der Waals surface area contributed by atoms with Crippen molar-refractivity contribution in [3.63, 3.8) is 0 Å². The van der Waals surface area contributed by atoms with Crippen molar-refractivity contribution in [1.29, 1.82) is 0 Å². The molecule has 0 heterocycles. The van der Waals surface area contributed by atoms with Gasteiger partial charge in [0.1, 0.15) is 0 Å². The second-order valence-electron chi connectivity index (χ2n) is 4.67. The predicted octanol–water partition coefficient (Wildman–Crippen LogP) is 1.54. The average molecular weight is 305 g/mol. The first-order chi connectivity index (χ1) is 9.66. The van der Waals surface area contributed by atoms with Crippen LogP contribution < -0.4 is 11.1 Å². The van der Waals surface area contributed by atoms with Crippen LogP contribution in [-0.4, -0.2) is 42.2 Å². The summed E-state index contributed by atoms with van der Waals surface area (Å²) in [5.41, 5.74) is 4.63. The molecule has 0 saturated carbocycles. The number of nitrogen functional groups attached to an aromatic ring is 1. The van der Waals surface area contributed by atoms with E-state index in [2.05, 4.69) is 5.32 Å². The largest absolute Gasteiger partial charge is 0.416 e. The average Bonchev–Trinajstić information content (AvgIpc) is 2.39. The number of hydrogen-bond acceptors (Lipinski definition) is 4. The molecule has 0 spiro atoms. The number of amides is 1. The molecule has 1 aromatic carbocycles. The zero-order valence-electron chi connectivity index (χ0n) is 11.7. The van der Waals surface area contributed by atoms with Gasteiger partial charge in [0.15, 0.2) is 0 Å². The smallest absolute Gasteiger partial charge is 0.397 e. The van der Waals surface area contributed by atoms with Gasteiger partial charge in [-0.1, -0.05) is 0 Å². The maximum atomic E-state index is 12.5. The van der Waals surface area contributed by atoms with Crippen LogP contribution in [-0.2, 0) is 11.0 Å². The quantitative estimate of drug-likeness (QED) is 0.721. The number of nitrogens with one attached hydrogen (secondary N) is 1. The minimum Gasteiger partial charge on any atom is -0.397 e. The lowest BCUT2D eigenvalue weighted by Crippen LogP contribution is -2.41. The summed E-state index contributed by atoms with van der Waals surface area (Å²) in [4.78, 5) is 13.6. The second-order valence-corrected chi connectivity index (χ2v) is 4.67. The van der Waals surface area contributed by atoms with Gasteiger partial charge in [-0.2, -0.15) is 13.2 Å². The molecule has 1 unspecified atom stereocenters. The standard InChI is InChI=1S/C13H18F3N3O2/c1-8(19(2)5-6-20)12(21)18-11-4-3-9(7-10(11)17)13(14,15)16/h3-4,7-8,20H,5-6,17H2,1-2H3,(H,18,21). The highest BCUT2D eigenvalue weighted by Gasteiger charge is 2.31. The van der Waals surface area contributed by atoms with Crippen LogP contribution in [0.1, 0.15) is 12.5 Å². The number of nitrogens with zero attached hydrogens (tertiary/aromatic N) is 1. The first-order valence-electron chi connectivity index (χ1n) is 6.25. The van der Waals surface area contributed by atoms with E-state index in [-0.39, 0.29) is 18.0 Å². The fraction of sp³-hybridized carbons (Fsp3) is 0.462. The van der Waals surface area contributed by atoms with Gasteiger partial charge in [-0.3, -0.25) is 9.69 Å². The maximum absolute atomic E-state index is 12.5. The fourth-order valence-electron chi connectivity index (χ4n) is 1.64. The number of nitrogens with two attached hydrogens (primary N) is 1. The molecule has 5 nitrogen and oxygen atoms in total. The molecule has 0 saturated heterocycles. The Kier molecular flexibility index (Phi) is 5.56. The third kappa shape index (κ3) is 4.61. The number of alkyl halides is 3. The number of anilines is 2. The van der Waals surface area contributed by atoms with Gasteiger partial charge in [0.25, 0.3) is 0 Å². The fourth-order valence-corrected chi connectivity index (χ4v) is 1.64. The van der Waals surface area contributed by atoms with Crippen LogP contribution in [0.15, 0.2) is 18.2 Å². The summed E-state index contributed by atoms with van der Waals surface area (Å²) in [5.74, 6) is -0.419. The van der Waals surface area contributed by atoms with Gasteiger partial charge >= 0.3 is 6.18 Å². The molecule has 118 valence electrons. The first-order valence-corrected chi connectivity index (χ1v) is 6.25. The number of rotatable bonds is 5. The normalized spacial score (nSPS) is 13.3. The molecular formula is C13H18F3N3O2. The number of hydrogen-bond donors (Lipinski definition) is 3. The lowest BCUT2D eigenvalue weighted by Gasteiger charge is -2.23. The molecule has 0 fully saturated rings. The van der Waals surface area contributed by atoms with Gasteiger partial charge < -0.3 is 16.2 Å². The van der Waals surface area contributed by atoms with Gasteiger partial charge in [-0.25, -0.2) is 0 Å². The van der Waals surface area contributed by atoms with E-state index in [1.165, 1.54) is 0 Å². The minimum atomic E-state index is -4.48. The van der Waals surface area contributed by atoms with E-state index in [1.54, 1.807) is 18.9 Å². The highest BCUT2D eigenvalue weighted by Crippen LogP contribution is 2.32. The Hall–Kier alpha value is -1.80. The topological polar surface area (TPSA) is 78.6 Å². The number of carbonyl (C=O) groups is 1. The minimum absolute atomic E-state index is 0.101. The third-order valence-electron chi connectivity index (χ3n) is 3.13. The SMILES string of the molecule is CC(C(=O)Nc1ccc(C(F)(F)F)cc1N)N(C)CCO. The second kappa shape index (κ2) is 6.77. The highest BCUT2D eigenvalue weighted by molar-refractivity contribution is 5.97. The van der Waals surface area contributed by atoms with E-state index < -0.39 is 23.7 Å². The van der Waals surface area contributed by atoms with E-state index >= 15 is 0 Å². The molecule has 8 heteroatoms. The summed E-state index contributed by atoms with van der Waals surface area (Å²) in [7, 11) is 1.65. The molecule has 0 radical (unpaired) electrons. The number of carbonyl (C=O) groups excluding carboxylic acids is 1. The molecule has 0 bridgehead atoms. The van der Waals surface area contributed by atoms with Crippen molar-refractivity contribution in [3.05, 3.63) is 23.8 Å². The Morgan fingerprint density at radius 2 is 2.10 bits per heavy atom. The van der Waals surface area contributed by atoms with Crippen molar-refractivity contribution in [2.75, 3.05) is 31.2 Å². The van der Waals surface area contributed by atoms with Gasteiger partial charge in [-0.05, 0) is 32.2 Å². The Morgan fingerprint density at radius 3 is 2.57 bits per heavy atom. The lowest BCUT2D eigenvalue weighted by molar-refractivity contribution is -0.137. The Morgan fingerprint density at radius 1 is 1.48 bits per heavy atom. The summed E-state index contributed by atoms with van der Waals surface area (Å²) in [6, 6.07) is 2.19. The van der Waals surface area contributed by atoms with Gasteiger partial charge in [-0.15, -0.1) is 0 Å². The van der Waals surface area contributed by atoms with E-state index in [4.69, 9.17) is 10.8 Å². The molecule has 0 aromatic heterocycles. The first kappa shape index (κ1) is 17.3. The molecule has 21 heavy (non-hydrogen) atoms. The maximum Gasteiger partial charge on any atom is 0.416 e. The lowest BCUT2D eigenvalue weighted by atomic mass is 10.1. The van der Waals surface area contributed by atoms with Crippen molar-refractivity contribution < 1.29 is 23.1 Å². The van der Waals surface area contributed by atoms with Crippen LogP contribution in [0, 0.1) is 0 Å². The van der Waals surface area contributed by atoms with E-state index in [9.17, 15) is 18.0 Å². The number of aliphatic hydroxyl groups excluding tert-OH is 1. The van der Waals surface area contributed by atoms with E-state index in [1.807, 2.05) is 0 Å². The third-order valence-corrected chi connectivity index (χ3v) is 3.13. The molecule has 1 aromatic rings. The molecule has 4 N–H and O–H groups in total. The van der Waals surface area contributed by atoms with Crippen LogP contribution in [0.4, 0.5) is 24.5 Å². The van der Waals surface area contributed by atoms with Crippen LogP contribution in [0.2, 0.25) is 0 Å². The summed E-state index contributed by atoms with van der Waals surface area (Å²) in [5, 5.41) is 11.3. The van der Waals surface area contributed by atoms with Gasteiger partial charge in [0, 0.05) is 6.54 Å². The van der Waals surface area contributed by atoms with Crippen LogP contribution in [0.3, 0.4) is 0 Å². The zero-order valence-corrected chi connectivity index (χ0v) is 11.7. The van der Waals surface area contributed by atoms with Crippen LogP contribution >= 0.6 is 0 Å². The molecule has 1 rings (SSSR count). The number of benzene rings is 1. The van der Waals surface area contributed by atoms with Crippen molar-refractivity contribution in [3.8, 4) is 0 Å². The molecule has 0 aliphatic heterocycles. The Labute approximate surface area is 120 Å². The zero-order chi connectivity index (χ0) is 16.2. The van der Waals surface area contributed by atoms with Crippen LogP contribution in [0.25, 0.3) is 0 Å². The predicted molar refractivity (Wildman–Crippen MR) is 73.7 cm³/mol. The Bertz CT molecular complexity index is 506. The van der Waals surface area contributed by atoms with Crippen LogP contribution in [0.5, 0.6) is 0 Å². The summed E-state index contributed by atoms with van der Waals surface area (Å²) >= 11 is 0. The number of halogens is 3. The molecule has 0 aliphatic rings. The van der Waals surface area contributed by atoms with Crippen molar-refractivity contribution in [2.45, 2.75) is 19.1 Å². The number of aliphatic hydroxyl groups is 1. The van der Waals surface area contributed by atoms with Crippen molar-refractivity contribution >= 4 is 17.3 Å². The van der Waals surface area contributed by atoms with E-state index in [0.717, 1.165) is 18.2 Å². The molecule has 0 aliphatic carbocycles. The van der Waals surface area contributed by atoms with E-state index in [0.29, 0.717) is 6.54 Å². The Balaban J connectivity index is 2.82. The molecule has 1 atom stereocenters. The molecule has 1 amide bonds. The summed E-state index contributed by atoms with van der Waals surface area (Å²) < 4.78 is 37.5. The van der Waals surface area contributed by atoms with Gasteiger partial charge in [0.2, 0.25) is 5.91 Å². The molecular weight excluding hydrogens is 287 g/mol. The monoisotopic (exact) mass is 305 g/mol. The van der Waals surface area contributed by atoms with Crippen molar-refractivity contribution in [2.24, 2.45) is 0 Å². The van der Waals surface area contributed by atoms with Gasteiger partial charge in [0.05, 0.1) is 29.6 Å². The highest BCUT2D eigenvalue weighted by atomic mass is 19.4.